The number of hydrogen-bond donors (Lipinski definition) is 1. The quantitative estimate of drug-likeness (QED) is 0.914. The minimum atomic E-state index is -0.146. The average molecular weight is 313 g/mol. The number of carbonyl (C=O) groups excluding carboxylic acids is 1. The Morgan fingerprint density at radius 2 is 2.09 bits per heavy atom. The van der Waals surface area contributed by atoms with Gasteiger partial charge in [-0.15, -0.1) is 5.10 Å². The Labute approximate surface area is 136 Å². The highest BCUT2D eigenvalue weighted by atomic mass is 16.2. The molecule has 1 atom stereocenters. The van der Waals surface area contributed by atoms with Crippen LogP contribution in [0.1, 0.15) is 35.9 Å². The zero-order chi connectivity index (χ0) is 16.2. The zero-order valence-corrected chi connectivity index (χ0v) is 13.7. The number of likely N-dealkylation sites (tertiary alicyclic amines) is 1. The first-order valence-corrected chi connectivity index (χ1v) is 8.20. The lowest BCUT2D eigenvalue weighted by Gasteiger charge is -2.22. The molecule has 0 saturated carbocycles. The SMILES string of the molecule is CCN1CCCC1CNC(=O)c1nn(-c2ccccc2)nc1C. The fourth-order valence-corrected chi connectivity index (χ4v) is 3.10. The first-order chi connectivity index (χ1) is 11.2. The topological polar surface area (TPSA) is 63.1 Å². The number of nitrogens with zero attached hydrogens (tertiary/aromatic N) is 4. The number of rotatable bonds is 5. The molecule has 1 aromatic heterocycles. The summed E-state index contributed by atoms with van der Waals surface area (Å²) >= 11 is 0. The Hall–Kier alpha value is -2.21. The molecule has 23 heavy (non-hydrogen) atoms. The van der Waals surface area contributed by atoms with E-state index in [-0.39, 0.29) is 5.91 Å². The smallest absolute Gasteiger partial charge is 0.273 e. The molecule has 0 spiro atoms. The normalized spacial score (nSPS) is 18.3. The number of aromatic nitrogens is 3. The summed E-state index contributed by atoms with van der Waals surface area (Å²) in [5.41, 5.74) is 1.89. The van der Waals surface area contributed by atoms with Crippen molar-refractivity contribution in [3.05, 3.63) is 41.7 Å². The maximum atomic E-state index is 12.4. The third kappa shape index (κ3) is 3.42. The number of likely N-dealkylation sites (N-methyl/N-ethyl adjacent to an activating group) is 1. The van der Waals surface area contributed by atoms with Gasteiger partial charge in [0.15, 0.2) is 5.69 Å². The summed E-state index contributed by atoms with van der Waals surface area (Å²) in [5, 5.41) is 11.7. The lowest BCUT2D eigenvalue weighted by atomic mass is 10.2. The van der Waals surface area contributed by atoms with E-state index in [0.717, 1.165) is 25.2 Å². The zero-order valence-electron chi connectivity index (χ0n) is 13.7. The third-order valence-corrected chi connectivity index (χ3v) is 4.39. The summed E-state index contributed by atoms with van der Waals surface area (Å²) in [6.45, 7) is 6.80. The first-order valence-electron chi connectivity index (χ1n) is 8.20. The number of benzene rings is 1. The van der Waals surface area contributed by atoms with Crippen molar-refractivity contribution in [1.82, 2.24) is 25.2 Å². The largest absolute Gasteiger partial charge is 0.349 e. The molecule has 0 radical (unpaired) electrons. The molecule has 3 rings (SSSR count). The molecule has 1 amide bonds. The van der Waals surface area contributed by atoms with Gasteiger partial charge in [-0.1, -0.05) is 25.1 Å². The van der Waals surface area contributed by atoms with Gasteiger partial charge in [-0.05, 0) is 45.0 Å². The Balaban J connectivity index is 1.67. The maximum Gasteiger partial charge on any atom is 0.273 e. The highest BCUT2D eigenvalue weighted by molar-refractivity contribution is 5.93. The van der Waals surface area contributed by atoms with Crippen LogP contribution >= 0.6 is 0 Å². The second-order valence-corrected chi connectivity index (χ2v) is 5.89. The van der Waals surface area contributed by atoms with Crippen molar-refractivity contribution in [2.24, 2.45) is 0 Å². The van der Waals surface area contributed by atoms with Crippen molar-refractivity contribution in [2.75, 3.05) is 19.6 Å². The van der Waals surface area contributed by atoms with Crippen LogP contribution in [0.4, 0.5) is 0 Å². The summed E-state index contributed by atoms with van der Waals surface area (Å²) in [6.07, 6.45) is 2.35. The second kappa shape index (κ2) is 6.91. The molecule has 1 aliphatic heterocycles. The van der Waals surface area contributed by atoms with Gasteiger partial charge < -0.3 is 5.32 Å². The molecule has 1 saturated heterocycles. The van der Waals surface area contributed by atoms with E-state index in [0.29, 0.717) is 24.0 Å². The Bertz CT molecular complexity index is 667. The molecule has 6 nitrogen and oxygen atoms in total. The van der Waals surface area contributed by atoms with E-state index in [4.69, 9.17) is 0 Å². The lowest BCUT2D eigenvalue weighted by Crippen LogP contribution is -2.40. The molecule has 2 aromatic rings. The summed E-state index contributed by atoms with van der Waals surface area (Å²) in [5.74, 6) is -0.146. The Morgan fingerprint density at radius 3 is 2.83 bits per heavy atom. The van der Waals surface area contributed by atoms with E-state index in [1.807, 2.05) is 37.3 Å². The number of nitrogens with one attached hydrogen (secondary N) is 1. The summed E-state index contributed by atoms with van der Waals surface area (Å²) < 4.78 is 0. The van der Waals surface area contributed by atoms with Gasteiger partial charge in [-0.2, -0.15) is 9.90 Å². The van der Waals surface area contributed by atoms with Crippen LogP contribution in [-0.2, 0) is 0 Å². The minimum absolute atomic E-state index is 0.146. The van der Waals surface area contributed by atoms with Crippen LogP contribution in [0.15, 0.2) is 30.3 Å². The van der Waals surface area contributed by atoms with E-state index in [9.17, 15) is 4.79 Å². The Kier molecular flexibility index (Phi) is 4.71. The monoisotopic (exact) mass is 313 g/mol. The minimum Gasteiger partial charge on any atom is -0.349 e. The van der Waals surface area contributed by atoms with Crippen molar-refractivity contribution >= 4 is 5.91 Å². The van der Waals surface area contributed by atoms with Crippen molar-refractivity contribution in [3.8, 4) is 5.69 Å². The first kappa shape index (κ1) is 15.7. The molecule has 1 unspecified atom stereocenters. The predicted molar refractivity (Wildman–Crippen MR) is 88.7 cm³/mol. The molecule has 122 valence electrons. The van der Waals surface area contributed by atoms with Gasteiger partial charge in [-0.25, -0.2) is 0 Å². The van der Waals surface area contributed by atoms with Gasteiger partial charge in [0.1, 0.15) is 0 Å². The van der Waals surface area contributed by atoms with Crippen LogP contribution < -0.4 is 5.32 Å². The number of aryl methyl sites for hydroxylation is 1. The van der Waals surface area contributed by atoms with Crippen LogP contribution in [0.5, 0.6) is 0 Å². The molecular weight excluding hydrogens is 290 g/mol. The van der Waals surface area contributed by atoms with E-state index < -0.39 is 0 Å². The number of para-hydroxylation sites is 1. The molecule has 0 bridgehead atoms. The van der Waals surface area contributed by atoms with Gasteiger partial charge in [0.05, 0.1) is 11.4 Å². The van der Waals surface area contributed by atoms with Gasteiger partial charge in [0, 0.05) is 12.6 Å². The molecule has 6 heteroatoms. The average Bonchev–Trinajstić information content (AvgIpc) is 3.19. The van der Waals surface area contributed by atoms with E-state index in [1.165, 1.54) is 11.2 Å². The summed E-state index contributed by atoms with van der Waals surface area (Å²) in [7, 11) is 0. The summed E-state index contributed by atoms with van der Waals surface area (Å²) in [6, 6.07) is 10.1. The lowest BCUT2D eigenvalue weighted by molar-refractivity contribution is 0.0935. The van der Waals surface area contributed by atoms with Crippen LogP contribution in [0.25, 0.3) is 5.69 Å². The molecule has 2 heterocycles. The van der Waals surface area contributed by atoms with E-state index >= 15 is 0 Å². The molecule has 1 fully saturated rings. The van der Waals surface area contributed by atoms with Crippen molar-refractivity contribution in [2.45, 2.75) is 32.7 Å². The molecule has 1 aliphatic rings. The molecule has 1 N–H and O–H groups in total. The summed E-state index contributed by atoms with van der Waals surface area (Å²) in [4.78, 5) is 16.3. The fourth-order valence-electron chi connectivity index (χ4n) is 3.10. The van der Waals surface area contributed by atoms with Crippen LogP contribution in [0.3, 0.4) is 0 Å². The van der Waals surface area contributed by atoms with Crippen LogP contribution in [-0.4, -0.2) is 51.5 Å². The van der Waals surface area contributed by atoms with Crippen LogP contribution in [0, 0.1) is 6.92 Å². The number of carbonyl (C=O) groups is 1. The van der Waals surface area contributed by atoms with E-state index in [1.54, 1.807) is 0 Å². The third-order valence-electron chi connectivity index (χ3n) is 4.39. The van der Waals surface area contributed by atoms with Crippen molar-refractivity contribution < 1.29 is 4.79 Å². The van der Waals surface area contributed by atoms with Gasteiger partial charge >= 0.3 is 0 Å². The van der Waals surface area contributed by atoms with Gasteiger partial charge in [0.25, 0.3) is 5.91 Å². The number of amides is 1. The Morgan fingerprint density at radius 1 is 1.30 bits per heavy atom. The molecule has 1 aromatic carbocycles. The van der Waals surface area contributed by atoms with Crippen molar-refractivity contribution in [3.63, 3.8) is 0 Å². The van der Waals surface area contributed by atoms with E-state index in [2.05, 4.69) is 27.3 Å². The van der Waals surface area contributed by atoms with Crippen molar-refractivity contribution in [1.29, 1.82) is 0 Å². The van der Waals surface area contributed by atoms with Gasteiger partial charge in [-0.3, -0.25) is 9.69 Å². The van der Waals surface area contributed by atoms with Gasteiger partial charge in [0.2, 0.25) is 0 Å². The second-order valence-electron chi connectivity index (χ2n) is 5.89. The standard InChI is InChI=1S/C17H23N5O/c1-3-21-11-7-10-15(21)12-18-17(23)16-13(2)19-22(20-16)14-8-5-4-6-9-14/h4-6,8-9,15H,3,7,10-12H2,1-2H3,(H,18,23). The highest BCUT2D eigenvalue weighted by Crippen LogP contribution is 2.16. The molecular formula is C17H23N5O. The highest BCUT2D eigenvalue weighted by Gasteiger charge is 2.24. The van der Waals surface area contributed by atoms with Crippen LogP contribution in [0.2, 0.25) is 0 Å². The fraction of sp³-hybridized carbons (Fsp3) is 0.471. The maximum absolute atomic E-state index is 12.4. The molecule has 0 aliphatic carbocycles. The predicted octanol–water partition coefficient (Wildman–Crippen LogP) is 1.79. The number of hydrogen-bond acceptors (Lipinski definition) is 4.